The first-order valence-electron chi connectivity index (χ1n) is 5.45. The number of hydrogen-bond acceptors (Lipinski definition) is 4. The van der Waals surface area contributed by atoms with Crippen LogP contribution in [0, 0.1) is 5.41 Å². The highest BCUT2D eigenvalue weighted by Crippen LogP contribution is 2.36. The van der Waals surface area contributed by atoms with Gasteiger partial charge in [0.1, 0.15) is 5.60 Å². The molecule has 15 heavy (non-hydrogen) atoms. The van der Waals surface area contributed by atoms with E-state index in [0.29, 0.717) is 6.61 Å². The Labute approximate surface area is 90.3 Å². The summed E-state index contributed by atoms with van der Waals surface area (Å²) in [6.07, 6.45) is 0.445. The zero-order chi connectivity index (χ0) is 11.1. The molecule has 0 bridgehead atoms. The summed E-state index contributed by atoms with van der Waals surface area (Å²) < 4.78 is 10.8. The Morgan fingerprint density at radius 1 is 1.47 bits per heavy atom. The van der Waals surface area contributed by atoms with Crippen molar-refractivity contribution in [3.8, 4) is 0 Å². The van der Waals surface area contributed by atoms with E-state index in [2.05, 4.69) is 5.32 Å². The van der Waals surface area contributed by atoms with Crippen LogP contribution in [0.4, 0.5) is 0 Å². The second-order valence-electron chi connectivity index (χ2n) is 5.64. The van der Waals surface area contributed by atoms with Gasteiger partial charge in [-0.1, -0.05) is 0 Å². The van der Waals surface area contributed by atoms with Crippen LogP contribution >= 0.6 is 0 Å². The number of carbonyl (C=O) groups excluding carboxylic acids is 1. The van der Waals surface area contributed by atoms with E-state index >= 15 is 0 Å². The van der Waals surface area contributed by atoms with Gasteiger partial charge in [-0.2, -0.15) is 0 Å². The van der Waals surface area contributed by atoms with Gasteiger partial charge in [0.05, 0.1) is 6.61 Å². The molecule has 4 nitrogen and oxygen atoms in total. The molecule has 1 unspecified atom stereocenters. The van der Waals surface area contributed by atoms with Gasteiger partial charge in [-0.05, 0) is 27.2 Å². The lowest BCUT2D eigenvalue weighted by molar-refractivity contribution is -0.165. The maximum absolute atomic E-state index is 11.7. The predicted molar refractivity (Wildman–Crippen MR) is 55.5 cm³/mol. The number of esters is 1. The summed E-state index contributed by atoms with van der Waals surface area (Å²) in [6.45, 7) is 8.24. The molecule has 4 heteroatoms. The molecule has 0 amide bonds. The average molecular weight is 213 g/mol. The minimum Gasteiger partial charge on any atom is -0.458 e. The smallest absolute Gasteiger partial charge is 0.335 e. The second kappa shape index (κ2) is 3.46. The fraction of sp³-hybridized carbons (Fsp3) is 0.909. The summed E-state index contributed by atoms with van der Waals surface area (Å²) >= 11 is 0. The summed E-state index contributed by atoms with van der Waals surface area (Å²) in [5, 5.41) is 3.22. The Balaban J connectivity index is 1.88. The number of nitrogens with one attached hydrogen (secondary N) is 1. The summed E-state index contributed by atoms with van der Waals surface area (Å²) in [5.74, 6) is -0.216. The van der Waals surface area contributed by atoms with Crippen molar-refractivity contribution in [1.29, 1.82) is 0 Å². The van der Waals surface area contributed by atoms with E-state index < -0.39 is 5.60 Å². The van der Waals surface area contributed by atoms with Crippen molar-refractivity contribution < 1.29 is 14.3 Å². The van der Waals surface area contributed by atoms with E-state index in [0.717, 1.165) is 19.5 Å². The number of carbonyl (C=O) groups is 1. The zero-order valence-electron chi connectivity index (χ0n) is 9.63. The van der Waals surface area contributed by atoms with E-state index in [9.17, 15) is 4.79 Å². The van der Waals surface area contributed by atoms with Crippen molar-refractivity contribution in [1.82, 2.24) is 5.32 Å². The third kappa shape index (κ3) is 2.32. The van der Waals surface area contributed by atoms with Crippen LogP contribution < -0.4 is 5.32 Å². The molecule has 1 spiro atoms. The van der Waals surface area contributed by atoms with Crippen LogP contribution in [0.1, 0.15) is 27.2 Å². The fourth-order valence-corrected chi connectivity index (χ4v) is 2.03. The van der Waals surface area contributed by atoms with Crippen molar-refractivity contribution in [2.24, 2.45) is 5.41 Å². The molecule has 0 aromatic heterocycles. The maximum Gasteiger partial charge on any atom is 0.335 e. The highest BCUT2D eigenvalue weighted by Gasteiger charge is 2.47. The van der Waals surface area contributed by atoms with Crippen LogP contribution in [0.15, 0.2) is 0 Å². The van der Waals surface area contributed by atoms with Gasteiger partial charge < -0.3 is 14.8 Å². The first-order valence-corrected chi connectivity index (χ1v) is 5.45. The monoisotopic (exact) mass is 213 g/mol. The van der Waals surface area contributed by atoms with Gasteiger partial charge in [-0.15, -0.1) is 0 Å². The summed E-state index contributed by atoms with van der Waals surface area (Å²) in [6, 6.07) is 0. The van der Waals surface area contributed by atoms with Gasteiger partial charge in [0.25, 0.3) is 0 Å². The summed E-state index contributed by atoms with van der Waals surface area (Å²) in [7, 11) is 0. The van der Waals surface area contributed by atoms with E-state index in [1.54, 1.807) is 0 Å². The van der Waals surface area contributed by atoms with Gasteiger partial charge in [0, 0.05) is 18.5 Å². The lowest BCUT2D eigenvalue weighted by atomic mass is 9.80. The molecule has 1 N–H and O–H groups in total. The molecule has 2 aliphatic heterocycles. The molecule has 0 aromatic rings. The van der Waals surface area contributed by atoms with E-state index in [1.807, 2.05) is 20.8 Å². The first kappa shape index (κ1) is 10.9. The van der Waals surface area contributed by atoms with Gasteiger partial charge in [-0.25, -0.2) is 4.79 Å². The SMILES string of the molecule is CC(C)(C)OC(=O)C1CC2(CNC2)CO1. The van der Waals surface area contributed by atoms with Crippen molar-refractivity contribution >= 4 is 5.97 Å². The zero-order valence-corrected chi connectivity index (χ0v) is 9.63. The highest BCUT2D eigenvalue weighted by atomic mass is 16.6. The molecule has 2 fully saturated rings. The van der Waals surface area contributed by atoms with Gasteiger partial charge in [-0.3, -0.25) is 0 Å². The number of ether oxygens (including phenoxy) is 2. The molecule has 0 aliphatic carbocycles. The molecule has 2 rings (SSSR count). The van der Waals surface area contributed by atoms with Crippen molar-refractivity contribution in [2.75, 3.05) is 19.7 Å². The lowest BCUT2D eigenvalue weighted by Gasteiger charge is -2.37. The topological polar surface area (TPSA) is 47.6 Å². The van der Waals surface area contributed by atoms with Gasteiger partial charge >= 0.3 is 5.97 Å². The molecular formula is C11H19NO3. The van der Waals surface area contributed by atoms with Crippen LogP contribution in [0.2, 0.25) is 0 Å². The van der Waals surface area contributed by atoms with Crippen LogP contribution in [0.3, 0.4) is 0 Å². The Hall–Kier alpha value is -0.610. The lowest BCUT2D eigenvalue weighted by Crippen LogP contribution is -2.54. The van der Waals surface area contributed by atoms with Gasteiger partial charge in [0.2, 0.25) is 0 Å². The number of hydrogen-bond donors (Lipinski definition) is 1. The minimum atomic E-state index is -0.423. The molecule has 86 valence electrons. The van der Waals surface area contributed by atoms with Crippen molar-refractivity contribution in [3.63, 3.8) is 0 Å². The fourth-order valence-electron chi connectivity index (χ4n) is 2.03. The quantitative estimate of drug-likeness (QED) is 0.652. The van der Waals surface area contributed by atoms with E-state index in [-0.39, 0.29) is 17.5 Å². The molecule has 2 heterocycles. The molecular weight excluding hydrogens is 194 g/mol. The van der Waals surface area contributed by atoms with Crippen molar-refractivity contribution in [3.05, 3.63) is 0 Å². The molecule has 0 saturated carbocycles. The standard InChI is InChI=1S/C11H19NO3/c1-10(2,3)15-9(13)8-4-11(7-14-8)5-12-6-11/h8,12H,4-7H2,1-3H3. The van der Waals surface area contributed by atoms with Crippen LogP contribution in [0.5, 0.6) is 0 Å². The van der Waals surface area contributed by atoms with Gasteiger partial charge in [0.15, 0.2) is 6.10 Å². The molecule has 2 aliphatic rings. The Kier molecular flexibility index (Phi) is 2.51. The second-order valence-corrected chi connectivity index (χ2v) is 5.64. The van der Waals surface area contributed by atoms with Crippen LogP contribution in [0.25, 0.3) is 0 Å². The Bertz CT molecular complexity index is 265. The minimum absolute atomic E-state index is 0.210. The van der Waals surface area contributed by atoms with Crippen LogP contribution in [-0.4, -0.2) is 37.4 Å². The average Bonchev–Trinajstić information content (AvgIpc) is 2.43. The summed E-state index contributed by atoms with van der Waals surface area (Å²) in [4.78, 5) is 11.7. The third-order valence-electron chi connectivity index (χ3n) is 2.88. The Morgan fingerprint density at radius 2 is 2.13 bits per heavy atom. The van der Waals surface area contributed by atoms with E-state index in [1.165, 1.54) is 0 Å². The molecule has 1 atom stereocenters. The predicted octanol–water partition coefficient (Wildman–Crippen LogP) is 0.707. The largest absolute Gasteiger partial charge is 0.458 e. The van der Waals surface area contributed by atoms with Crippen molar-refractivity contribution in [2.45, 2.75) is 38.9 Å². The normalized spacial score (nSPS) is 28.9. The van der Waals surface area contributed by atoms with E-state index in [4.69, 9.17) is 9.47 Å². The summed E-state index contributed by atoms with van der Waals surface area (Å²) in [5.41, 5.74) is -0.213. The number of rotatable bonds is 1. The molecule has 0 radical (unpaired) electrons. The Morgan fingerprint density at radius 3 is 2.53 bits per heavy atom. The third-order valence-corrected chi connectivity index (χ3v) is 2.88. The first-order chi connectivity index (χ1) is 6.90. The van der Waals surface area contributed by atoms with Crippen LogP contribution in [-0.2, 0) is 14.3 Å². The molecule has 0 aromatic carbocycles. The highest BCUT2D eigenvalue weighted by molar-refractivity contribution is 5.75. The molecule has 2 saturated heterocycles. The maximum atomic E-state index is 11.7.